The van der Waals surface area contributed by atoms with Crippen LogP contribution in [0.3, 0.4) is 0 Å². The van der Waals surface area contributed by atoms with Crippen LogP contribution in [0.2, 0.25) is 0 Å². The lowest BCUT2D eigenvalue weighted by Gasteiger charge is -2.30. The summed E-state index contributed by atoms with van der Waals surface area (Å²) in [6, 6.07) is 185. The lowest BCUT2D eigenvalue weighted by molar-refractivity contribution is 0.794. The van der Waals surface area contributed by atoms with Gasteiger partial charge in [-0.2, -0.15) is 0 Å². The van der Waals surface area contributed by atoms with Crippen molar-refractivity contribution in [1.29, 1.82) is 0 Å². The Bertz CT molecular complexity index is 8920. The molecule has 0 aromatic heterocycles. The van der Waals surface area contributed by atoms with Crippen molar-refractivity contribution in [2.45, 2.75) is 31.1 Å². The van der Waals surface area contributed by atoms with Gasteiger partial charge in [0.05, 0.1) is 5.41 Å². The van der Waals surface area contributed by atoms with E-state index in [0.717, 1.165) is 25.7 Å². The van der Waals surface area contributed by atoms with E-state index in [1.807, 2.05) is 0 Å². The van der Waals surface area contributed by atoms with E-state index in [9.17, 15) is 0 Å². The molecular formula is C139H92. The maximum absolute atomic E-state index is 2.46. The summed E-state index contributed by atoms with van der Waals surface area (Å²) >= 11 is 0. The second-order valence-corrected chi connectivity index (χ2v) is 38.1. The van der Waals surface area contributed by atoms with Crippen LogP contribution < -0.4 is 0 Å². The monoisotopic (exact) mass is 1760 g/mol. The van der Waals surface area contributed by atoms with Crippen LogP contribution in [-0.4, -0.2) is 0 Å². The van der Waals surface area contributed by atoms with Crippen molar-refractivity contribution in [3.8, 4) is 66.8 Å². The zero-order valence-corrected chi connectivity index (χ0v) is 76.8. The normalized spacial score (nSPS) is 12.7. The van der Waals surface area contributed by atoms with Crippen LogP contribution in [0, 0.1) is 0 Å². The molecule has 6 aliphatic carbocycles. The molecule has 0 unspecified atom stereocenters. The van der Waals surface area contributed by atoms with Gasteiger partial charge in [-0.15, -0.1) is 0 Å². The third-order valence-corrected chi connectivity index (χ3v) is 30.6. The maximum atomic E-state index is 2.46. The molecule has 0 saturated heterocycles. The van der Waals surface area contributed by atoms with Crippen LogP contribution in [0.1, 0.15) is 66.8 Å². The third-order valence-electron chi connectivity index (χ3n) is 30.6. The molecule has 0 aliphatic heterocycles. The maximum Gasteiger partial charge on any atom is 0.0725 e. The van der Waals surface area contributed by atoms with E-state index in [1.54, 1.807) is 0 Å². The highest BCUT2D eigenvalue weighted by molar-refractivity contribution is 6.26. The predicted octanol–water partition coefficient (Wildman–Crippen LogP) is 36.9. The molecule has 0 nitrogen and oxygen atoms in total. The lowest BCUT2D eigenvalue weighted by Crippen LogP contribution is -2.25. The first-order valence-corrected chi connectivity index (χ1v) is 48.9. The molecule has 27 aromatic rings. The minimum atomic E-state index is -0.180. The average Bonchev–Trinajstić information content (AvgIpc) is 1.43. The number of benzene rings is 27. The third kappa shape index (κ3) is 13.6. The van der Waals surface area contributed by atoms with E-state index in [-0.39, 0.29) is 5.41 Å². The molecule has 0 saturated carbocycles. The van der Waals surface area contributed by atoms with Gasteiger partial charge in [0.2, 0.25) is 0 Å². The SMILES string of the molecule is c1cc2ccc3cccc4ccc(c1)c2c34.c1ccc2c(c1)-c1ccccc1C21c2ccccc2-c2ccccc21.c1ccc2c(c1)Cc1cc3c(cc1-2)Cc1ccc2ccccc2c1-3.c1ccc2c(c1)Cc1cc3c(cc1-2)Cc1ccccc1-3.c1ccc2c(c1)c1ccccc1c1ccccc21.c1ccc2c(c1)ccc1c3ccccc3ccc21.c1ccc2cc3c(ccc4ccccc43)cc2c1. The Kier molecular flexibility index (Phi) is 19.6. The van der Waals surface area contributed by atoms with Crippen molar-refractivity contribution < 1.29 is 0 Å². The molecule has 0 N–H and O–H groups in total. The average molecular weight is 1760 g/mol. The van der Waals surface area contributed by atoms with Crippen LogP contribution in [0.4, 0.5) is 0 Å². The first-order valence-electron chi connectivity index (χ1n) is 48.9. The quantitative estimate of drug-likeness (QED) is 0.105. The zero-order valence-electron chi connectivity index (χ0n) is 76.8. The summed E-state index contributed by atoms with van der Waals surface area (Å²) in [4.78, 5) is 0. The van der Waals surface area contributed by atoms with Gasteiger partial charge in [0, 0.05) is 0 Å². The lowest BCUT2D eigenvalue weighted by atomic mass is 9.70. The molecule has 27 aromatic carbocycles. The topological polar surface area (TPSA) is 0 Å². The summed E-state index contributed by atoms with van der Waals surface area (Å²) in [7, 11) is 0. The second kappa shape index (κ2) is 33.6. The van der Waals surface area contributed by atoms with Gasteiger partial charge in [-0.1, -0.05) is 473 Å². The van der Waals surface area contributed by atoms with E-state index in [0.29, 0.717) is 0 Å². The van der Waals surface area contributed by atoms with Crippen molar-refractivity contribution in [3.05, 3.63) is 576 Å². The Morgan fingerprint density at radius 1 is 0.115 bits per heavy atom. The summed E-state index contributed by atoms with van der Waals surface area (Å²) in [5.41, 5.74) is 34.3. The molecule has 1 spiro atoms. The number of hydrogen-bond acceptors (Lipinski definition) is 0. The Labute approximate surface area is 808 Å². The van der Waals surface area contributed by atoms with Gasteiger partial charge in [-0.05, 0) is 336 Å². The van der Waals surface area contributed by atoms with Crippen molar-refractivity contribution in [1.82, 2.24) is 0 Å². The summed E-state index contributed by atoms with van der Waals surface area (Å²) in [5.74, 6) is 0. The van der Waals surface area contributed by atoms with E-state index in [2.05, 4.69) is 510 Å². The van der Waals surface area contributed by atoms with Crippen molar-refractivity contribution >= 4 is 140 Å². The molecule has 0 fully saturated rings. The number of fused-ring (bicyclic) bond motifs is 39. The van der Waals surface area contributed by atoms with Crippen LogP contribution in [0.15, 0.2) is 510 Å². The molecular weight excluding hydrogens is 1670 g/mol. The van der Waals surface area contributed by atoms with Gasteiger partial charge in [-0.25, -0.2) is 0 Å². The summed E-state index contributed by atoms with van der Waals surface area (Å²) in [6.07, 6.45) is 4.30. The fourth-order valence-electron chi connectivity index (χ4n) is 24.4. The number of rotatable bonds is 0. The van der Waals surface area contributed by atoms with Gasteiger partial charge in [0.1, 0.15) is 0 Å². The first-order chi connectivity index (χ1) is 68.9. The van der Waals surface area contributed by atoms with Crippen molar-refractivity contribution in [3.63, 3.8) is 0 Å². The van der Waals surface area contributed by atoms with Crippen LogP contribution >= 0.6 is 0 Å². The Morgan fingerprint density at radius 3 is 0.734 bits per heavy atom. The van der Waals surface area contributed by atoms with Crippen LogP contribution in [0.5, 0.6) is 0 Å². The molecule has 648 valence electrons. The molecule has 0 amide bonds. The zero-order chi connectivity index (χ0) is 91.6. The molecule has 33 rings (SSSR count). The van der Waals surface area contributed by atoms with Gasteiger partial charge < -0.3 is 0 Å². The molecule has 0 heterocycles. The Morgan fingerprint density at radius 2 is 0.353 bits per heavy atom. The first kappa shape index (κ1) is 81.2. The molecule has 0 atom stereocenters. The number of hydrogen-bond donors (Lipinski definition) is 0. The molecule has 0 radical (unpaired) electrons. The summed E-state index contributed by atoms with van der Waals surface area (Å²) in [6.45, 7) is 0. The van der Waals surface area contributed by atoms with E-state index in [4.69, 9.17) is 0 Å². The minimum Gasteiger partial charge on any atom is -0.0619 e. The van der Waals surface area contributed by atoms with E-state index < -0.39 is 0 Å². The predicted molar refractivity (Wildman–Crippen MR) is 593 cm³/mol. The fourth-order valence-corrected chi connectivity index (χ4v) is 24.4. The smallest absolute Gasteiger partial charge is 0.0619 e. The van der Waals surface area contributed by atoms with Crippen LogP contribution in [0.25, 0.3) is 207 Å². The van der Waals surface area contributed by atoms with Gasteiger partial charge in [-0.3, -0.25) is 0 Å². The highest BCUT2D eigenvalue weighted by atomic mass is 14.5. The Hall–Kier alpha value is -17.4. The fraction of sp³-hybridized carbons (Fsp3) is 0.0360. The van der Waals surface area contributed by atoms with Crippen molar-refractivity contribution in [2.75, 3.05) is 0 Å². The van der Waals surface area contributed by atoms with Gasteiger partial charge >= 0.3 is 0 Å². The highest BCUT2D eigenvalue weighted by Crippen LogP contribution is 2.63. The minimum absolute atomic E-state index is 0.180. The van der Waals surface area contributed by atoms with Crippen LogP contribution in [-0.2, 0) is 31.1 Å². The van der Waals surface area contributed by atoms with Gasteiger partial charge in [0.15, 0.2) is 0 Å². The molecule has 139 heavy (non-hydrogen) atoms. The van der Waals surface area contributed by atoms with E-state index in [1.165, 1.54) is 274 Å². The highest BCUT2D eigenvalue weighted by Gasteiger charge is 2.51. The largest absolute Gasteiger partial charge is 0.0725 e. The molecule has 6 aliphatic rings. The molecule has 0 heteroatoms. The molecule has 0 bridgehead atoms. The van der Waals surface area contributed by atoms with Crippen molar-refractivity contribution in [2.24, 2.45) is 0 Å². The standard InChI is InChI=1S/C25H16.C24H16.C20H14.3C18H12.C16H10/c1-5-13-21-17(9-1)18-10-2-6-14-22(18)25(21)23-15-7-3-11-19(23)20-12-4-8-16-24(20)25;1-4-8-21-15(5-1)9-10-17-12-19-13-22-18(14-23(19)24(17)21)11-16-6-2-3-7-20(16)22;1-3-7-17-13(5-1)9-15-11-20-16(12-19(15)17)10-14-6-2-4-8-18(14)20;1-3-7-15-13(5-1)9-11-18-16-8-4-2-6-14(16)10-12-17(15)18;1-2-8-14-13(7-1)15-9-3-4-11-17(15)18-12-6-5-10-16(14)18;1-2-7-15-12-18-16(11-14(15)6-1)10-9-13-5-3-4-8-17(13)18;1-3-11-7-9-13-5-2-6-14-10-8-12(4-1)15(11)16(13)14/h1-16H;1-10,13-14H,11-12H2;1-8,11-12H,9-10H2;3*1-12H;1-10H. The Balaban J connectivity index is 0.0000000820. The summed E-state index contributed by atoms with van der Waals surface area (Å²) in [5, 5.41) is 34.8. The van der Waals surface area contributed by atoms with E-state index >= 15 is 0 Å². The van der Waals surface area contributed by atoms with Gasteiger partial charge in [0.25, 0.3) is 0 Å². The summed E-state index contributed by atoms with van der Waals surface area (Å²) < 4.78 is 0. The second-order valence-electron chi connectivity index (χ2n) is 38.1.